The molecule has 3 N–H and O–H groups in total. The molecule has 6 nitrogen and oxygen atoms in total. The maximum Gasteiger partial charge on any atom is 0.306 e. The van der Waals surface area contributed by atoms with E-state index in [1.165, 1.54) is 83.5 Å². The fourth-order valence-corrected chi connectivity index (χ4v) is 6.39. The molecule has 324 valence electrons. The molecule has 57 heavy (non-hydrogen) atoms. The molecule has 0 aromatic heterocycles. The predicted octanol–water partition coefficient (Wildman–Crippen LogP) is 13.4. The zero-order valence-corrected chi connectivity index (χ0v) is 36.7. The van der Waals surface area contributed by atoms with Crippen LogP contribution in [-0.2, 0) is 14.3 Å². The van der Waals surface area contributed by atoms with E-state index in [4.69, 9.17) is 4.74 Å². The van der Waals surface area contributed by atoms with E-state index in [9.17, 15) is 19.8 Å². The highest BCUT2D eigenvalue weighted by molar-refractivity contribution is 5.77. The molecule has 0 aromatic carbocycles. The van der Waals surface area contributed by atoms with Crippen molar-refractivity contribution in [2.75, 3.05) is 6.61 Å². The Morgan fingerprint density at radius 2 is 0.982 bits per heavy atom. The van der Waals surface area contributed by atoms with E-state index in [-0.39, 0.29) is 24.9 Å². The lowest BCUT2D eigenvalue weighted by Crippen LogP contribution is -2.46. The number of esters is 1. The van der Waals surface area contributed by atoms with Gasteiger partial charge in [-0.15, -0.1) is 0 Å². The Hall–Kier alpha value is -3.22. The molecule has 3 unspecified atom stereocenters. The minimum atomic E-state index is -0.823. The van der Waals surface area contributed by atoms with Crippen LogP contribution in [0.25, 0.3) is 0 Å². The van der Waals surface area contributed by atoms with Crippen LogP contribution in [0.3, 0.4) is 0 Å². The van der Waals surface area contributed by atoms with Crippen molar-refractivity contribution < 1.29 is 24.5 Å². The lowest BCUT2D eigenvalue weighted by Gasteiger charge is -2.24. The lowest BCUT2D eigenvalue weighted by atomic mass is 10.0. The van der Waals surface area contributed by atoms with Gasteiger partial charge >= 0.3 is 5.97 Å². The van der Waals surface area contributed by atoms with Crippen LogP contribution in [0.15, 0.2) is 97.2 Å². The number of carbonyl (C=O) groups is 2. The summed E-state index contributed by atoms with van der Waals surface area (Å²) < 4.78 is 5.81. The number of unbranched alkanes of at least 4 members (excludes halogenated alkanes) is 18. The summed E-state index contributed by atoms with van der Waals surface area (Å²) in [6.45, 7) is 6.14. The molecule has 0 saturated carbocycles. The molecule has 0 aliphatic heterocycles. The minimum absolute atomic E-state index is 0.0288. The Labute approximate surface area is 350 Å². The first kappa shape index (κ1) is 53.8. The van der Waals surface area contributed by atoms with Crippen molar-refractivity contribution in [1.82, 2.24) is 5.32 Å². The Morgan fingerprint density at radius 1 is 0.544 bits per heavy atom. The normalized spacial score (nSPS) is 14.3. The average Bonchev–Trinajstić information content (AvgIpc) is 3.20. The van der Waals surface area contributed by atoms with Gasteiger partial charge in [0.05, 0.1) is 25.2 Å². The third-order valence-electron chi connectivity index (χ3n) is 9.85. The fourth-order valence-electron chi connectivity index (χ4n) is 6.39. The van der Waals surface area contributed by atoms with E-state index in [1.807, 2.05) is 54.7 Å². The standard InChI is InChI=1S/C51H85NO5/c1-4-7-10-13-16-19-22-24-25-26-29-32-35-38-41-44-51(56)57-47(42-39-36-33-30-27-21-18-15-12-9-6-3)45-50(55)52-48(46-53)49(54)43-40-37-34-31-28-23-20-17-14-11-8-5-2/h7,9-10,12-13,15-16,18-19,21-22,27,30,33,36,39,47-49,53-54H,4-6,8,11,14,17,20,23-26,28-29,31-32,34-35,37-38,40-46H2,1-3H3,(H,52,55)/b10-7+,12-9+,16-13+,18-15+,22-19+,27-21-,33-30-,39-36+. The van der Waals surface area contributed by atoms with Gasteiger partial charge in [-0.05, 0) is 38.5 Å². The van der Waals surface area contributed by atoms with Gasteiger partial charge in [0.1, 0.15) is 6.10 Å². The van der Waals surface area contributed by atoms with Gasteiger partial charge in [-0.25, -0.2) is 0 Å². The summed E-state index contributed by atoms with van der Waals surface area (Å²) in [6, 6.07) is -0.745. The molecule has 0 aromatic rings. The van der Waals surface area contributed by atoms with Gasteiger partial charge in [0, 0.05) is 12.8 Å². The van der Waals surface area contributed by atoms with Gasteiger partial charge in [-0.1, -0.05) is 227 Å². The number of hydrogen-bond acceptors (Lipinski definition) is 5. The smallest absolute Gasteiger partial charge is 0.306 e. The maximum absolute atomic E-state index is 13.1. The number of aliphatic hydroxyl groups excluding tert-OH is 2. The minimum Gasteiger partial charge on any atom is -0.461 e. The lowest BCUT2D eigenvalue weighted by molar-refractivity contribution is -0.150. The van der Waals surface area contributed by atoms with Gasteiger partial charge in [-0.2, -0.15) is 0 Å². The molecule has 1 amide bonds. The van der Waals surface area contributed by atoms with Gasteiger partial charge in [-0.3, -0.25) is 9.59 Å². The molecule has 0 fully saturated rings. The van der Waals surface area contributed by atoms with Gasteiger partial charge in [0.2, 0.25) is 5.91 Å². The van der Waals surface area contributed by atoms with Crippen molar-refractivity contribution in [3.8, 4) is 0 Å². The zero-order valence-electron chi connectivity index (χ0n) is 36.7. The first-order chi connectivity index (χ1) is 28.0. The molecule has 0 spiro atoms. The number of carbonyl (C=O) groups excluding carboxylic acids is 2. The van der Waals surface area contributed by atoms with Gasteiger partial charge in [0.25, 0.3) is 0 Å². The summed E-state index contributed by atoms with van der Waals surface area (Å²) in [5, 5.41) is 23.6. The molecule has 0 aliphatic rings. The van der Waals surface area contributed by atoms with E-state index < -0.39 is 18.2 Å². The predicted molar refractivity (Wildman–Crippen MR) is 245 cm³/mol. The highest BCUT2D eigenvalue weighted by Gasteiger charge is 2.23. The number of nitrogens with one attached hydrogen (secondary N) is 1. The van der Waals surface area contributed by atoms with Crippen LogP contribution in [0, 0.1) is 0 Å². The number of hydrogen-bond donors (Lipinski definition) is 3. The van der Waals surface area contributed by atoms with Crippen LogP contribution in [-0.4, -0.2) is 46.9 Å². The largest absolute Gasteiger partial charge is 0.461 e. The number of allylic oxidation sites excluding steroid dienone is 15. The molecule has 0 heterocycles. The molecule has 3 atom stereocenters. The molecule has 6 heteroatoms. The number of rotatable bonds is 39. The summed E-state index contributed by atoms with van der Waals surface area (Å²) >= 11 is 0. The number of amides is 1. The van der Waals surface area contributed by atoms with E-state index in [1.54, 1.807) is 0 Å². The molecular weight excluding hydrogens is 707 g/mol. The average molecular weight is 792 g/mol. The third kappa shape index (κ3) is 39.4. The highest BCUT2D eigenvalue weighted by Crippen LogP contribution is 2.16. The summed E-state index contributed by atoms with van der Waals surface area (Å²) in [5.41, 5.74) is 0. The van der Waals surface area contributed by atoms with Gasteiger partial charge < -0.3 is 20.3 Å². The zero-order chi connectivity index (χ0) is 41.7. The van der Waals surface area contributed by atoms with E-state index in [0.29, 0.717) is 19.3 Å². The molecule has 0 bridgehead atoms. The second-order valence-electron chi connectivity index (χ2n) is 15.2. The SMILES string of the molecule is CC/C=C/C=C/C=C\C=C/C=C/CC(CC(=O)NC(CO)C(O)CCCCCCCCCCCCCC)OC(=O)CCCCCCCCC/C=C/C=C/C=C/CC. The first-order valence-electron chi connectivity index (χ1n) is 23.1. The fraction of sp³-hybridized carbons (Fsp3) is 0.647. The van der Waals surface area contributed by atoms with Crippen molar-refractivity contribution in [3.05, 3.63) is 97.2 Å². The summed E-state index contributed by atoms with van der Waals surface area (Å²) in [7, 11) is 0. The quantitative estimate of drug-likeness (QED) is 0.0327. The Morgan fingerprint density at radius 3 is 1.49 bits per heavy atom. The van der Waals surface area contributed by atoms with Crippen molar-refractivity contribution >= 4 is 11.9 Å². The summed E-state index contributed by atoms with van der Waals surface area (Å²) in [6.07, 6.45) is 57.7. The second-order valence-corrected chi connectivity index (χ2v) is 15.2. The Bertz CT molecular complexity index is 1160. The van der Waals surface area contributed by atoms with Crippen LogP contribution >= 0.6 is 0 Å². The Kier molecular flexibility index (Phi) is 41.4. The van der Waals surface area contributed by atoms with Crippen LogP contribution in [0.1, 0.15) is 188 Å². The number of aliphatic hydroxyl groups is 2. The van der Waals surface area contributed by atoms with E-state index in [0.717, 1.165) is 57.8 Å². The van der Waals surface area contributed by atoms with E-state index in [2.05, 4.69) is 68.6 Å². The summed E-state index contributed by atoms with van der Waals surface area (Å²) in [5.74, 6) is -0.632. The van der Waals surface area contributed by atoms with E-state index >= 15 is 0 Å². The van der Waals surface area contributed by atoms with Crippen molar-refractivity contribution in [2.24, 2.45) is 0 Å². The first-order valence-corrected chi connectivity index (χ1v) is 23.1. The molecular formula is C51H85NO5. The molecule has 0 radical (unpaired) electrons. The summed E-state index contributed by atoms with van der Waals surface area (Å²) in [4.78, 5) is 25.9. The van der Waals surface area contributed by atoms with Crippen LogP contribution < -0.4 is 5.32 Å². The Balaban J connectivity index is 4.73. The van der Waals surface area contributed by atoms with Crippen molar-refractivity contribution in [1.29, 1.82) is 0 Å². The topological polar surface area (TPSA) is 95.9 Å². The van der Waals surface area contributed by atoms with Gasteiger partial charge in [0.15, 0.2) is 0 Å². The monoisotopic (exact) mass is 792 g/mol. The highest BCUT2D eigenvalue weighted by atomic mass is 16.5. The van der Waals surface area contributed by atoms with Crippen LogP contribution in [0.2, 0.25) is 0 Å². The maximum atomic E-state index is 13.1. The second kappa shape index (κ2) is 43.9. The van der Waals surface area contributed by atoms with Crippen LogP contribution in [0.4, 0.5) is 0 Å². The molecule has 0 saturated heterocycles. The molecule has 0 aliphatic carbocycles. The number of ether oxygens (including phenoxy) is 1. The van der Waals surface area contributed by atoms with Crippen molar-refractivity contribution in [2.45, 2.75) is 206 Å². The third-order valence-corrected chi connectivity index (χ3v) is 9.85. The molecule has 0 rings (SSSR count). The van der Waals surface area contributed by atoms with Crippen LogP contribution in [0.5, 0.6) is 0 Å². The van der Waals surface area contributed by atoms with Crippen molar-refractivity contribution in [3.63, 3.8) is 0 Å².